The van der Waals surface area contributed by atoms with E-state index in [1.54, 1.807) is 6.20 Å². The molecular formula is C15H24N2O2. The van der Waals surface area contributed by atoms with E-state index in [4.69, 9.17) is 4.74 Å². The molecule has 1 aliphatic rings. The summed E-state index contributed by atoms with van der Waals surface area (Å²) < 4.78 is 7.84. The molecule has 0 aromatic carbocycles. The maximum absolute atomic E-state index is 12.9. The van der Waals surface area contributed by atoms with E-state index in [0.717, 1.165) is 38.6 Å². The largest absolute Gasteiger partial charge is 0.367 e. The third-order valence-electron chi connectivity index (χ3n) is 3.88. The van der Waals surface area contributed by atoms with Gasteiger partial charge in [-0.1, -0.05) is 26.2 Å². The summed E-state index contributed by atoms with van der Waals surface area (Å²) in [5.74, 6) is 0.643. The molecule has 1 aromatic rings. The van der Waals surface area contributed by atoms with Gasteiger partial charge in [0.05, 0.1) is 0 Å². The molecule has 106 valence electrons. The van der Waals surface area contributed by atoms with Gasteiger partial charge >= 0.3 is 0 Å². The zero-order valence-corrected chi connectivity index (χ0v) is 12.0. The van der Waals surface area contributed by atoms with E-state index < -0.39 is 5.60 Å². The first-order chi connectivity index (χ1) is 9.23. The zero-order chi connectivity index (χ0) is 13.7. The summed E-state index contributed by atoms with van der Waals surface area (Å²) in [5.41, 5.74) is -0.621. The summed E-state index contributed by atoms with van der Waals surface area (Å²) in [4.78, 5) is 17.1. The number of aromatic nitrogens is 2. The third kappa shape index (κ3) is 2.89. The molecule has 0 atom stereocenters. The van der Waals surface area contributed by atoms with E-state index in [-0.39, 0.29) is 5.78 Å². The second kappa shape index (κ2) is 6.33. The minimum Gasteiger partial charge on any atom is -0.367 e. The van der Waals surface area contributed by atoms with E-state index in [2.05, 4.69) is 11.9 Å². The Kier molecular flexibility index (Phi) is 4.75. The van der Waals surface area contributed by atoms with Crippen LogP contribution in [-0.4, -0.2) is 27.5 Å². The molecule has 4 nitrogen and oxygen atoms in total. The molecule has 4 heteroatoms. The van der Waals surface area contributed by atoms with Gasteiger partial charge in [-0.25, -0.2) is 4.98 Å². The number of rotatable bonds is 6. The van der Waals surface area contributed by atoms with Gasteiger partial charge in [0, 0.05) is 25.5 Å². The van der Waals surface area contributed by atoms with Gasteiger partial charge in [-0.15, -0.1) is 0 Å². The molecule has 0 amide bonds. The highest BCUT2D eigenvalue weighted by molar-refractivity contribution is 5.99. The maximum atomic E-state index is 12.9. The number of hydrogen-bond donors (Lipinski definition) is 0. The molecule has 0 N–H and O–H groups in total. The van der Waals surface area contributed by atoms with E-state index in [9.17, 15) is 4.79 Å². The highest BCUT2D eigenvalue weighted by Crippen LogP contribution is 2.34. The average molecular weight is 264 g/mol. The molecule has 0 radical (unpaired) electrons. The van der Waals surface area contributed by atoms with Crippen LogP contribution in [0, 0.1) is 0 Å². The van der Waals surface area contributed by atoms with Crippen molar-refractivity contribution in [1.29, 1.82) is 0 Å². The van der Waals surface area contributed by atoms with Crippen LogP contribution in [0.25, 0.3) is 0 Å². The number of ether oxygens (including phenoxy) is 1. The van der Waals surface area contributed by atoms with Crippen molar-refractivity contribution in [2.75, 3.05) is 6.61 Å². The van der Waals surface area contributed by atoms with E-state index in [1.165, 1.54) is 6.42 Å². The molecular weight excluding hydrogens is 240 g/mol. The molecule has 0 unspecified atom stereocenters. The van der Waals surface area contributed by atoms with Gasteiger partial charge in [0.1, 0.15) is 5.60 Å². The standard InChI is InChI=1S/C15H24N2O2/c1-3-11-17-12-10-16-14(17)13(18)15(19-4-2)8-6-5-7-9-15/h10,12H,3-9,11H2,1-2H3. The number of carbonyl (C=O) groups is 1. The lowest BCUT2D eigenvalue weighted by Gasteiger charge is -2.35. The molecule has 1 aliphatic carbocycles. The van der Waals surface area contributed by atoms with Gasteiger partial charge in [0.15, 0.2) is 5.82 Å². The summed E-state index contributed by atoms with van der Waals surface area (Å²) in [6.45, 7) is 5.48. The predicted molar refractivity (Wildman–Crippen MR) is 74.3 cm³/mol. The summed E-state index contributed by atoms with van der Waals surface area (Å²) in [6, 6.07) is 0. The van der Waals surface area contributed by atoms with Gasteiger partial charge in [-0.05, 0) is 26.2 Å². The fourth-order valence-corrected chi connectivity index (χ4v) is 2.98. The first-order valence-electron chi connectivity index (χ1n) is 7.43. The number of ketones is 1. The van der Waals surface area contributed by atoms with Gasteiger partial charge < -0.3 is 9.30 Å². The van der Waals surface area contributed by atoms with Crippen LogP contribution in [0.3, 0.4) is 0 Å². The summed E-state index contributed by atoms with van der Waals surface area (Å²) >= 11 is 0. The van der Waals surface area contributed by atoms with Crippen molar-refractivity contribution in [2.24, 2.45) is 0 Å². The second-order valence-electron chi connectivity index (χ2n) is 5.26. The molecule has 1 saturated carbocycles. The Morgan fingerprint density at radius 2 is 2.11 bits per heavy atom. The van der Waals surface area contributed by atoms with E-state index >= 15 is 0 Å². The van der Waals surface area contributed by atoms with Crippen molar-refractivity contribution in [1.82, 2.24) is 9.55 Å². The topological polar surface area (TPSA) is 44.1 Å². The Bertz CT molecular complexity index is 414. The highest BCUT2D eigenvalue weighted by atomic mass is 16.5. The van der Waals surface area contributed by atoms with Gasteiger partial charge in [0.25, 0.3) is 0 Å². The van der Waals surface area contributed by atoms with Crippen LogP contribution in [0.2, 0.25) is 0 Å². The Balaban J connectivity index is 2.25. The fourth-order valence-electron chi connectivity index (χ4n) is 2.98. The summed E-state index contributed by atoms with van der Waals surface area (Å²) in [7, 11) is 0. The minimum absolute atomic E-state index is 0.0764. The number of imidazole rings is 1. The van der Waals surface area contributed by atoms with Crippen molar-refractivity contribution in [3.05, 3.63) is 18.2 Å². The molecule has 1 aromatic heterocycles. The first kappa shape index (κ1) is 14.3. The maximum Gasteiger partial charge on any atom is 0.229 e. The molecule has 0 bridgehead atoms. The minimum atomic E-state index is -0.621. The monoisotopic (exact) mass is 264 g/mol. The molecule has 0 spiro atoms. The number of aryl methyl sites for hydroxylation is 1. The molecule has 0 saturated heterocycles. The quantitative estimate of drug-likeness (QED) is 0.741. The van der Waals surface area contributed by atoms with Crippen molar-refractivity contribution >= 4 is 5.78 Å². The van der Waals surface area contributed by atoms with Crippen LogP contribution < -0.4 is 0 Å². The Hall–Kier alpha value is -1.16. The van der Waals surface area contributed by atoms with Crippen LogP contribution in [0.5, 0.6) is 0 Å². The van der Waals surface area contributed by atoms with Crippen molar-refractivity contribution < 1.29 is 9.53 Å². The van der Waals surface area contributed by atoms with Gasteiger partial charge in [0.2, 0.25) is 5.78 Å². The number of carbonyl (C=O) groups excluding carboxylic acids is 1. The highest BCUT2D eigenvalue weighted by Gasteiger charge is 2.42. The van der Waals surface area contributed by atoms with Crippen LogP contribution >= 0.6 is 0 Å². The average Bonchev–Trinajstić information content (AvgIpc) is 2.88. The predicted octanol–water partition coefficient (Wildman–Crippen LogP) is 3.22. The Morgan fingerprint density at radius 3 is 2.74 bits per heavy atom. The summed E-state index contributed by atoms with van der Waals surface area (Å²) in [6.07, 6.45) is 9.60. The van der Waals surface area contributed by atoms with Crippen LogP contribution in [0.1, 0.15) is 63.0 Å². The smallest absolute Gasteiger partial charge is 0.229 e. The third-order valence-corrected chi connectivity index (χ3v) is 3.88. The number of Topliss-reactive ketones (excluding diaryl/α,β-unsaturated/α-hetero) is 1. The zero-order valence-electron chi connectivity index (χ0n) is 12.0. The fraction of sp³-hybridized carbons (Fsp3) is 0.733. The van der Waals surface area contributed by atoms with Crippen LogP contribution in [-0.2, 0) is 11.3 Å². The lowest BCUT2D eigenvalue weighted by Crippen LogP contribution is -2.44. The number of nitrogens with zero attached hydrogens (tertiary/aromatic N) is 2. The van der Waals surface area contributed by atoms with Crippen molar-refractivity contribution in [3.63, 3.8) is 0 Å². The van der Waals surface area contributed by atoms with Crippen molar-refractivity contribution in [2.45, 2.75) is 64.5 Å². The molecule has 19 heavy (non-hydrogen) atoms. The van der Waals surface area contributed by atoms with Gasteiger partial charge in [-0.2, -0.15) is 0 Å². The van der Waals surface area contributed by atoms with Crippen LogP contribution in [0.4, 0.5) is 0 Å². The van der Waals surface area contributed by atoms with Crippen molar-refractivity contribution in [3.8, 4) is 0 Å². The number of hydrogen-bond acceptors (Lipinski definition) is 3. The SMILES string of the molecule is CCCn1ccnc1C(=O)C1(OCC)CCCCC1. The van der Waals surface area contributed by atoms with E-state index in [0.29, 0.717) is 12.4 Å². The molecule has 2 rings (SSSR count). The molecule has 1 fully saturated rings. The Morgan fingerprint density at radius 1 is 1.37 bits per heavy atom. The Labute approximate surface area is 115 Å². The van der Waals surface area contributed by atoms with Crippen LogP contribution in [0.15, 0.2) is 12.4 Å². The lowest BCUT2D eigenvalue weighted by molar-refractivity contribution is -0.0419. The normalized spacial score (nSPS) is 18.4. The van der Waals surface area contributed by atoms with Gasteiger partial charge in [-0.3, -0.25) is 4.79 Å². The lowest BCUT2D eigenvalue weighted by atomic mass is 9.81. The first-order valence-corrected chi connectivity index (χ1v) is 7.43. The van der Waals surface area contributed by atoms with E-state index in [1.807, 2.05) is 17.7 Å². The second-order valence-corrected chi connectivity index (χ2v) is 5.26. The molecule has 0 aliphatic heterocycles. The molecule has 1 heterocycles. The summed E-state index contributed by atoms with van der Waals surface area (Å²) in [5, 5.41) is 0.